The lowest BCUT2D eigenvalue weighted by Crippen LogP contribution is -2.63. The van der Waals surface area contributed by atoms with Crippen molar-refractivity contribution < 1.29 is 42.1 Å². The highest BCUT2D eigenvalue weighted by molar-refractivity contribution is 5.99. The predicted octanol–water partition coefficient (Wildman–Crippen LogP) is 6.29. The molecule has 5 unspecified atom stereocenters. The maximum atomic E-state index is 14.7. The van der Waals surface area contributed by atoms with Gasteiger partial charge in [0.2, 0.25) is 5.95 Å². The molecule has 4 fully saturated rings. The topological polar surface area (TPSA) is 123 Å². The summed E-state index contributed by atoms with van der Waals surface area (Å²) in [6.07, 6.45) is -0.488. The van der Waals surface area contributed by atoms with Gasteiger partial charge in [0.1, 0.15) is 23.6 Å². The number of aliphatic carboxylic acids is 1. The van der Waals surface area contributed by atoms with Crippen LogP contribution in [0.25, 0.3) is 0 Å². The van der Waals surface area contributed by atoms with Crippen LogP contribution in [0.3, 0.4) is 0 Å². The fourth-order valence-electron chi connectivity index (χ4n) is 9.62. The molecule has 0 radical (unpaired) electrons. The Morgan fingerprint density at radius 1 is 1.06 bits per heavy atom. The third-order valence-corrected chi connectivity index (χ3v) is 12.5. The number of ether oxygens (including phenoxy) is 3. The third kappa shape index (κ3) is 5.10. The molecule has 50 heavy (non-hydrogen) atoms. The number of halogens is 3. The van der Waals surface area contributed by atoms with Gasteiger partial charge in [-0.25, -0.2) is 14.8 Å². The number of carbonyl (C=O) groups excluding carboxylic acids is 1. The van der Waals surface area contributed by atoms with E-state index in [9.17, 15) is 27.9 Å². The average molecular weight is 693 g/mol. The van der Waals surface area contributed by atoms with Crippen LogP contribution in [0.1, 0.15) is 72.6 Å². The number of benzene rings is 2. The Morgan fingerprint density at radius 3 is 2.58 bits per heavy atom. The maximum Gasteiger partial charge on any atom is 0.434 e. The summed E-state index contributed by atoms with van der Waals surface area (Å²) in [6.45, 7) is 3.75. The number of carboxylic acid groups (broad SMARTS) is 1. The number of rotatable bonds is 8. The number of nitrogens with zero attached hydrogens (tertiary/aromatic N) is 3. The minimum Gasteiger partial charge on any atom is -0.497 e. The number of carbonyl (C=O) groups is 2. The van der Waals surface area contributed by atoms with Gasteiger partial charge in [0.25, 0.3) is 5.91 Å². The predicted molar refractivity (Wildman–Crippen MR) is 174 cm³/mol. The second-order valence-corrected chi connectivity index (χ2v) is 14.9. The van der Waals surface area contributed by atoms with Gasteiger partial charge in [-0.3, -0.25) is 4.79 Å². The van der Waals surface area contributed by atoms with Gasteiger partial charge in [-0.15, -0.1) is 0 Å². The van der Waals surface area contributed by atoms with E-state index in [0.29, 0.717) is 75.2 Å². The lowest BCUT2D eigenvalue weighted by Gasteiger charge is -2.55. The number of fused-ring (bicyclic) bond motifs is 3. The molecule has 1 aromatic heterocycles. The largest absolute Gasteiger partial charge is 0.497 e. The number of amides is 1. The zero-order valence-electron chi connectivity index (χ0n) is 27.9. The van der Waals surface area contributed by atoms with Gasteiger partial charge in [-0.1, -0.05) is 19.1 Å². The van der Waals surface area contributed by atoms with Crippen LogP contribution in [0.15, 0.2) is 48.7 Å². The van der Waals surface area contributed by atoms with Crippen molar-refractivity contribution in [2.45, 2.75) is 69.2 Å². The summed E-state index contributed by atoms with van der Waals surface area (Å²) < 4.78 is 61.2. The summed E-state index contributed by atoms with van der Waals surface area (Å²) in [5.74, 6) is -1.08. The van der Waals surface area contributed by atoms with Gasteiger partial charge in [-0.2, -0.15) is 13.2 Å². The van der Waals surface area contributed by atoms with E-state index in [1.807, 2.05) is 30.3 Å². The second-order valence-electron chi connectivity index (χ2n) is 14.9. The molecular formula is C37H39F3N4O6. The Labute approximate surface area is 287 Å². The molecule has 2 aromatic carbocycles. The Kier molecular flexibility index (Phi) is 7.59. The van der Waals surface area contributed by atoms with E-state index in [0.717, 1.165) is 23.7 Å². The molecule has 2 bridgehead atoms. The van der Waals surface area contributed by atoms with Crippen molar-refractivity contribution in [2.75, 3.05) is 31.8 Å². The zero-order chi connectivity index (χ0) is 35.1. The molecule has 1 saturated heterocycles. The molecule has 8 rings (SSSR count). The van der Waals surface area contributed by atoms with E-state index >= 15 is 0 Å². The van der Waals surface area contributed by atoms with E-state index in [4.69, 9.17) is 14.2 Å². The zero-order valence-corrected chi connectivity index (χ0v) is 27.9. The first-order valence-corrected chi connectivity index (χ1v) is 17.1. The smallest absolute Gasteiger partial charge is 0.434 e. The molecule has 3 aliphatic carbocycles. The molecule has 1 spiro atoms. The summed E-state index contributed by atoms with van der Waals surface area (Å²) in [4.78, 5) is 36.4. The Bertz CT molecular complexity index is 1860. The maximum absolute atomic E-state index is 14.7. The molecular weight excluding hydrogens is 653 g/mol. The van der Waals surface area contributed by atoms with Gasteiger partial charge in [0.05, 0.1) is 12.7 Å². The first-order chi connectivity index (χ1) is 23.8. The summed E-state index contributed by atoms with van der Waals surface area (Å²) in [6, 6.07) is 13.1. The van der Waals surface area contributed by atoms with Crippen molar-refractivity contribution in [1.29, 1.82) is 0 Å². The molecule has 3 aromatic rings. The van der Waals surface area contributed by atoms with E-state index in [-0.39, 0.29) is 29.6 Å². The van der Waals surface area contributed by atoms with Crippen molar-refractivity contribution >= 4 is 23.5 Å². The first kappa shape index (κ1) is 32.8. The first-order valence-electron chi connectivity index (χ1n) is 17.1. The van der Waals surface area contributed by atoms with Gasteiger partial charge < -0.3 is 29.5 Å². The number of hydrogen-bond donors (Lipinski definition) is 2. The third-order valence-electron chi connectivity index (χ3n) is 12.5. The molecule has 10 nitrogen and oxygen atoms in total. The van der Waals surface area contributed by atoms with E-state index < -0.39 is 40.3 Å². The summed E-state index contributed by atoms with van der Waals surface area (Å²) in [5, 5.41) is 13.0. The number of carboxylic acids is 1. The van der Waals surface area contributed by atoms with Crippen LogP contribution in [0.4, 0.5) is 24.8 Å². The Hall–Kier alpha value is -4.39. The van der Waals surface area contributed by atoms with Crippen LogP contribution in [0, 0.1) is 23.2 Å². The molecule has 13 heteroatoms. The fourth-order valence-corrected chi connectivity index (χ4v) is 9.62. The number of methoxy groups -OCH3 is 1. The normalized spacial score (nSPS) is 28.9. The highest BCUT2D eigenvalue weighted by Crippen LogP contribution is 2.70. The van der Waals surface area contributed by atoms with Crippen molar-refractivity contribution in [2.24, 2.45) is 23.2 Å². The number of anilines is 2. The van der Waals surface area contributed by atoms with Crippen LogP contribution in [-0.4, -0.2) is 59.4 Å². The number of aromatic nitrogens is 2. The summed E-state index contributed by atoms with van der Waals surface area (Å²) >= 11 is 0. The Balaban J connectivity index is 1.10. The minimum atomic E-state index is -5.00. The molecule has 1 amide bonds. The second kappa shape index (κ2) is 11.6. The van der Waals surface area contributed by atoms with Gasteiger partial charge >= 0.3 is 12.1 Å². The lowest BCUT2D eigenvalue weighted by molar-refractivity contribution is -0.152. The van der Waals surface area contributed by atoms with Crippen molar-refractivity contribution in [3.63, 3.8) is 0 Å². The lowest BCUT2D eigenvalue weighted by atomic mass is 9.50. The molecule has 2 aliphatic heterocycles. The van der Waals surface area contributed by atoms with Crippen molar-refractivity contribution in [3.8, 4) is 11.5 Å². The van der Waals surface area contributed by atoms with Crippen molar-refractivity contribution in [3.05, 3.63) is 71.0 Å². The monoisotopic (exact) mass is 692 g/mol. The molecule has 264 valence electrons. The van der Waals surface area contributed by atoms with Crippen LogP contribution in [-0.2, 0) is 27.7 Å². The number of alkyl halides is 3. The molecule has 3 heterocycles. The van der Waals surface area contributed by atoms with E-state index in [1.165, 1.54) is 0 Å². The highest BCUT2D eigenvalue weighted by Gasteiger charge is 2.69. The number of hydrogen-bond acceptors (Lipinski definition) is 8. The summed E-state index contributed by atoms with van der Waals surface area (Å²) in [7, 11) is 1.60. The standard InChI is InChI=1S/C37H39F3N4O6/c1-34-16-24-14-22(34)13-23(34)17-36(24,32(46)47)43-31(45)27-18-41-33(42-30(27)37(38,39)40)44-20-35(8-10-49-11-9-35)28-15-26(6-7-29(28)44)50-19-21-4-3-5-25(12-21)48-2/h3-7,12,15,18,22-24H,8-11,13-14,16-17,19-20H2,1-2H3,(H,43,45)(H,46,47). The number of nitrogens with one attached hydrogen (secondary N) is 1. The van der Waals surface area contributed by atoms with Gasteiger partial charge in [-0.05, 0) is 103 Å². The van der Waals surface area contributed by atoms with Crippen molar-refractivity contribution in [1.82, 2.24) is 15.3 Å². The molecule has 2 N–H and O–H groups in total. The SMILES string of the molecule is COc1cccc(COc2ccc3c(c2)C2(CCOCC2)CN3c2ncc(C(=O)NC3(C(=O)O)CC4CC5CC3CC54C)c(C(F)(F)F)n2)c1. The van der Waals surface area contributed by atoms with Crippen LogP contribution < -0.4 is 19.7 Å². The fraction of sp³-hybridized carbons (Fsp3) is 0.514. The highest BCUT2D eigenvalue weighted by atomic mass is 19.4. The average Bonchev–Trinajstić information content (AvgIpc) is 3.43. The van der Waals surface area contributed by atoms with Crippen LogP contribution in [0.2, 0.25) is 0 Å². The summed E-state index contributed by atoms with van der Waals surface area (Å²) in [5.41, 5.74) is -1.75. The van der Waals surface area contributed by atoms with E-state index in [2.05, 4.69) is 22.2 Å². The van der Waals surface area contributed by atoms with Gasteiger partial charge in [0.15, 0.2) is 5.69 Å². The van der Waals surface area contributed by atoms with Gasteiger partial charge in [0, 0.05) is 37.1 Å². The van der Waals surface area contributed by atoms with E-state index in [1.54, 1.807) is 24.1 Å². The van der Waals surface area contributed by atoms with Crippen LogP contribution in [0.5, 0.6) is 11.5 Å². The Morgan fingerprint density at radius 2 is 1.84 bits per heavy atom. The van der Waals surface area contributed by atoms with Crippen LogP contribution >= 0.6 is 0 Å². The minimum absolute atomic E-state index is 0.0347. The molecule has 3 saturated carbocycles. The molecule has 5 aliphatic rings. The molecule has 5 atom stereocenters. The quantitative estimate of drug-likeness (QED) is 0.280.